The van der Waals surface area contributed by atoms with Crippen molar-refractivity contribution in [2.75, 3.05) is 17.1 Å². The van der Waals surface area contributed by atoms with Crippen LogP contribution >= 0.6 is 0 Å². The summed E-state index contributed by atoms with van der Waals surface area (Å²) in [6.45, 7) is 0.0493. The molecule has 4 aromatic rings. The highest BCUT2D eigenvalue weighted by Gasteiger charge is 2.11. The molecule has 0 aliphatic rings. The third-order valence-electron chi connectivity index (χ3n) is 4.08. The van der Waals surface area contributed by atoms with E-state index < -0.39 is 10.0 Å². The van der Waals surface area contributed by atoms with E-state index in [1.54, 1.807) is 71.7 Å². The Labute approximate surface area is 179 Å². The topological polar surface area (TPSA) is 108 Å². The Balaban J connectivity index is 1.30. The maximum Gasteiger partial charge on any atom is 0.238 e. The number of aromatic nitrogens is 4. The Morgan fingerprint density at radius 3 is 2.35 bits per heavy atom. The molecule has 0 aliphatic carbocycles. The molecule has 9 nitrogen and oxygen atoms in total. The van der Waals surface area contributed by atoms with Gasteiger partial charge in [0.05, 0.1) is 0 Å². The molecule has 0 bridgehead atoms. The first-order chi connectivity index (χ1) is 15.1. The second kappa shape index (κ2) is 9.26. The highest BCUT2D eigenvalue weighted by atomic mass is 32.2. The van der Waals surface area contributed by atoms with Gasteiger partial charge in [0.1, 0.15) is 23.9 Å². The zero-order chi connectivity index (χ0) is 21.5. The van der Waals surface area contributed by atoms with Crippen molar-refractivity contribution in [3.8, 4) is 23.2 Å². The molecular weight excluding hydrogens is 418 g/mol. The molecule has 158 valence electrons. The van der Waals surface area contributed by atoms with E-state index >= 15 is 0 Å². The number of benzene rings is 2. The minimum Gasteiger partial charge on any atom is -0.492 e. The van der Waals surface area contributed by atoms with Gasteiger partial charge in [-0.3, -0.25) is 4.72 Å². The van der Waals surface area contributed by atoms with Gasteiger partial charge in [0.15, 0.2) is 5.82 Å². The molecule has 2 heterocycles. The van der Waals surface area contributed by atoms with E-state index in [0.29, 0.717) is 28.9 Å². The van der Waals surface area contributed by atoms with Crippen LogP contribution in [0.15, 0.2) is 85.2 Å². The molecule has 0 radical (unpaired) electrons. The van der Waals surface area contributed by atoms with Gasteiger partial charge in [0, 0.05) is 24.1 Å². The molecule has 31 heavy (non-hydrogen) atoms. The molecule has 0 atom stereocenters. The highest BCUT2D eigenvalue weighted by Crippen LogP contribution is 2.22. The first kappa shape index (κ1) is 20.4. The number of nitrogens with one attached hydrogen (secondary N) is 1. The van der Waals surface area contributed by atoms with Crippen LogP contribution in [0.25, 0.3) is 5.82 Å². The number of rotatable bonds is 9. The van der Waals surface area contributed by atoms with Gasteiger partial charge in [-0.1, -0.05) is 18.2 Å². The number of ether oxygens (including phenoxy) is 2. The van der Waals surface area contributed by atoms with Crippen LogP contribution < -0.4 is 14.2 Å². The monoisotopic (exact) mass is 437 g/mol. The Bertz CT molecular complexity index is 1200. The lowest BCUT2D eigenvalue weighted by Gasteiger charge is -2.10. The van der Waals surface area contributed by atoms with Crippen molar-refractivity contribution in [2.24, 2.45) is 0 Å². The summed E-state index contributed by atoms with van der Waals surface area (Å²) in [4.78, 5) is 0. The second-order valence-corrected chi connectivity index (χ2v) is 8.23. The van der Waals surface area contributed by atoms with Crippen LogP contribution in [0.5, 0.6) is 17.4 Å². The summed E-state index contributed by atoms with van der Waals surface area (Å²) in [7, 11) is -3.55. The van der Waals surface area contributed by atoms with Gasteiger partial charge >= 0.3 is 0 Å². The van der Waals surface area contributed by atoms with Crippen molar-refractivity contribution >= 4 is 15.7 Å². The Hall–Kier alpha value is -3.92. The maximum absolute atomic E-state index is 12.2. The SMILES string of the molecule is O=S(=O)(CCOc1ccccc1)Nc1ccc(Oc2ccc(-n3cccn3)nn2)cc1. The fourth-order valence-corrected chi connectivity index (χ4v) is 3.52. The molecular formula is C21H19N5O4S. The number of nitrogens with zero attached hydrogens (tertiary/aromatic N) is 4. The fourth-order valence-electron chi connectivity index (χ4n) is 2.62. The maximum atomic E-state index is 12.2. The molecule has 0 saturated carbocycles. The number of sulfonamides is 1. The van der Waals surface area contributed by atoms with Crippen LogP contribution in [0.3, 0.4) is 0 Å². The van der Waals surface area contributed by atoms with Gasteiger partial charge in [-0.05, 0) is 48.5 Å². The average molecular weight is 437 g/mol. The van der Waals surface area contributed by atoms with Crippen LogP contribution in [0, 0.1) is 0 Å². The summed E-state index contributed by atoms with van der Waals surface area (Å²) >= 11 is 0. The van der Waals surface area contributed by atoms with Crippen LogP contribution in [-0.4, -0.2) is 40.8 Å². The lowest BCUT2D eigenvalue weighted by atomic mass is 10.3. The molecule has 4 rings (SSSR count). The van der Waals surface area contributed by atoms with Gasteiger partial charge in [-0.15, -0.1) is 10.2 Å². The second-order valence-electron chi connectivity index (χ2n) is 6.39. The summed E-state index contributed by atoms with van der Waals surface area (Å²) in [6, 6.07) is 20.7. The van der Waals surface area contributed by atoms with E-state index in [4.69, 9.17) is 9.47 Å². The molecule has 10 heteroatoms. The van der Waals surface area contributed by atoms with Gasteiger partial charge in [0.25, 0.3) is 0 Å². The molecule has 0 spiro atoms. The summed E-state index contributed by atoms with van der Waals surface area (Å²) < 4.78 is 39.7. The first-order valence-electron chi connectivity index (χ1n) is 9.37. The summed E-state index contributed by atoms with van der Waals surface area (Å²) in [6.07, 6.45) is 3.41. The Kier molecular flexibility index (Phi) is 6.08. The Morgan fingerprint density at radius 2 is 1.68 bits per heavy atom. The molecule has 0 unspecified atom stereocenters. The third kappa shape index (κ3) is 5.80. The minimum atomic E-state index is -3.55. The van der Waals surface area contributed by atoms with E-state index in [0.717, 1.165) is 0 Å². The molecule has 0 saturated heterocycles. The van der Waals surface area contributed by atoms with Crippen LogP contribution in [-0.2, 0) is 10.0 Å². The normalized spacial score (nSPS) is 11.1. The van der Waals surface area contributed by atoms with Gasteiger partial charge in [-0.25, -0.2) is 13.1 Å². The number of anilines is 1. The van der Waals surface area contributed by atoms with E-state index in [1.807, 2.05) is 18.2 Å². The summed E-state index contributed by atoms with van der Waals surface area (Å²) in [5.74, 6) is 1.83. The summed E-state index contributed by atoms with van der Waals surface area (Å²) in [5.41, 5.74) is 0.423. The first-order valence-corrected chi connectivity index (χ1v) is 11.0. The van der Waals surface area contributed by atoms with Gasteiger partial charge in [0.2, 0.25) is 15.9 Å². The van der Waals surface area contributed by atoms with Crippen molar-refractivity contribution < 1.29 is 17.9 Å². The number of hydrogen-bond donors (Lipinski definition) is 1. The lowest BCUT2D eigenvalue weighted by Crippen LogP contribution is -2.21. The van der Waals surface area contributed by atoms with Gasteiger partial charge < -0.3 is 9.47 Å². The third-order valence-corrected chi connectivity index (χ3v) is 5.33. The molecule has 0 fully saturated rings. The van der Waals surface area contributed by atoms with Crippen molar-refractivity contribution in [3.63, 3.8) is 0 Å². The van der Waals surface area contributed by atoms with Crippen LogP contribution in [0.4, 0.5) is 5.69 Å². The minimum absolute atomic E-state index is 0.0493. The fraction of sp³-hybridized carbons (Fsp3) is 0.0952. The Morgan fingerprint density at radius 1 is 0.871 bits per heavy atom. The van der Waals surface area contributed by atoms with E-state index in [9.17, 15) is 8.42 Å². The molecule has 1 N–H and O–H groups in total. The summed E-state index contributed by atoms with van der Waals surface area (Å²) in [5, 5.41) is 12.2. The number of hydrogen-bond acceptors (Lipinski definition) is 7. The van der Waals surface area contributed by atoms with Crippen molar-refractivity contribution in [2.45, 2.75) is 0 Å². The zero-order valence-corrected chi connectivity index (χ0v) is 17.1. The average Bonchev–Trinajstić information content (AvgIpc) is 3.31. The predicted molar refractivity (Wildman–Crippen MR) is 115 cm³/mol. The van der Waals surface area contributed by atoms with E-state index in [1.165, 1.54) is 0 Å². The molecule has 0 aliphatic heterocycles. The van der Waals surface area contributed by atoms with Crippen molar-refractivity contribution in [1.82, 2.24) is 20.0 Å². The van der Waals surface area contributed by atoms with Crippen LogP contribution in [0.1, 0.15) is 0 Å². The van der Waals surface area contributed by atoms with E-state index in [-0.39, 0.29) is 12.4 Å². The largest absolute Gasteiger partial charge is 0.492 e. The molecule has 0 amide bonds. The van der Waals surface area contributed by atoms with E-state index in [2.05, 4.69) is 20.0 Å². The smallest absolute Gasteiger partial charge is 0.238 e. The van der Waals surface area contributed by atoms with Gasteiger partial charge in [-0.2, -0.15) is 5.10 Å². The van der Waals surface area contributed by atoms with Crippen molar-refractivity contribution in [1.29, 1.82) is 0 Å². The van der Waals surface area contributed by atoms with Crippen LogP contribution in [0.2, 0.25) is 0 Å². The highest BCUT2D eigenvalue weighted by molar-refractivity contribution is 7.92. The quantitative estimate of drug-likeness (QED) is 0.428. The lowest BCUT2D eigenvalue weighted by molar-refractivity contribution is 0.341. The predicted octanol–water partition coefficient (Wildman–Crippen LogP) is 3.28. The standard InChI is InChI=1S/C21H19N5O4S/c27-31(28,16-15-29-18-5-2-1-3-6-18)25-17-7-9-19(10-8-17)30-21-12-11-20(23-24-21)26-14-4-13-22-26/h1-14,25H,15-16H2. The molecule has 2 aromatic heterocycles. The molecule has 2 aromatic carbocycles. The van der Waals surface area contributed by atoms with Crippen molar-refractivity contribution in [3.05, 3.63) is 85.2 Å². The number of para-hydroxylation sites is 1. The zero-order valence-electron chi connectivity index (χ0n) is 16.3.